The van der Waals surface area contributed by atoms with Gasteiger partial charge in [0.25, 0.3) is 6.08 Å². The Hall–Kier alpha value is -0.850. The van der Waals surface area contributed by atoms with Crippen LogP contribution in [0.2, 0.25) is 0 Å². The molecule has 0 aromatic rings. The van der Waals surface area contributed by atoms with Gasteiger partial charge >= 0.3 is 0 Å². The first kappa shape index (κ1) is 10.2. The van der Waals surface area contributed by atoms with Gasteiger partial charge in [-0.05, 0) is 29.9 Å². The average molecular weight is 206 g/mol. The Morgan fingerprint density at radius 3 is 2.54 bits per heavy atom. The van der Waals surface area contributed by atoms with E-state index in [-0.39, 0.29) is 0 Å². The van der Waals surface area contributed by atoms with E-state index in [4.69, 9.17) is 0 Å². The third kappa shape index (κ3) is 3.58. The van der Waals surface area contributed by atoms with Gasteiger partial charge in [0.05, 0.1) is 0 Å². The van der Waals surface area contributed by atoms with Gasteiger partial charge in [-0.1, -0.05) is 0 Å². The van der Waals surface area contributed by atoms with Crippen LogP contribution >= 0.6 is 11.8 Å². The van der Waals surface area contributed by atoms with Crippen molar-refractivity contribution in [1.82, 2.24) is 0 Å². The average Bonchev–Trinajstić information content (AvgIpc) is 2.47. The van der Waals surface area contributed by atoms with Crippen molar-refractivity contribution in [3.63, 3.8) is 0 Å². The largest absolute Gasteiger partial charge is 0.266 e. The lowest BCUT2D eigenvalue weighted by atomic mass is 10.5. The maximum absolute atomic E-state index is 11.6. The maximum Gasteiger partial charge on any atom is 0.266 e. The summed E-state index contributed by atoms with van der Waals surface area (Å²) in [7, 11) is 0. The molecule has 1 aliphatic heterocycles. The second-order valence-electron chi connectivity index (χ2n) is 2.44. The Kier molecular flexibility index (Phi) is 3.47. The molecule has 1 rings (SSSR count). The van der Waals surface area contributed by atoms with Crippen molar-refractivity contribution in [2.75, 3.05) is 5.75 Å². The lowest BCUT2D eigenvalue weighted by Crippen LogP contribution is -2.10. The van der Waals surface area contributed by atoms with Crippen molar-refractivity contribution in [3.05, 3.63) is 12.2 Å². The fourth-order valence-corrected chi connectivity index (χ4v) is 1.51. The van der Waals surface area contributed by atoms with Crippen molar-refractivity contribution in [2.24, 2.45) is 20.7 Å². The minimum Gasteiger partial charge on any atom is -0.174 e. The van der Waals surface area contributed by atoms with E-state index in [1.807, 2.05) is 0 Å². The van der Waals surface area contributed by atoms with E-state index in [1.54, 1.807) is 6.92 Å². The molecule has 0 saturated carbocycles. The summed E-state index contributed by atoms with van der Waals surface area (Å²) >= 11 is 1.33. The lowest BCUT2D eigenvalue weighted by molar-refractivity contribution is 0.418. The fourth-order valence-electron chi connectivity index (χ4n) is 0.704. The quantitative estimate of drug-likeness (QED) is 0.650. The highest BCUT2D eigenvalue weighted by molar-refractivity contribution is 8.00. The molecule has 0 aliphatic carbocycles. The van der Waals surface area contributed by atoms with E-state index in [0.717, 1.165) is 6.08 Å². The third-order valence-electron chi connectivity index (χ3n) is 1.29. The zero-order valence-electron chi connectivity index (χ0n) is 6.94. The topological polar surface area (TPSA) is 49.4 Å². The Labute approximate surface area is 78.2 Å². The fraction of sp³-hybridized carbons (Fsp3) is 0.667. The molecule has 0 bridgehead atoms. The predicted octanol–water partition coefficient (Wildman–Crippen LogP) is 3.40. The minimum atomic E-state index is -1.65. The molecule has 0 amide bonds. The van der Waals surface area contributed by atoms with Crippen LogP contribution in [0.1, 0.15) is 13.3 Å². The molecule has 0 radical (unpaired) electrons. The Balaban J connectivity index is 2.23. The predicted molar refractivity (Wildman–Crippen MR) is 45.5 cm³/mol. The number of halogens is 2. The highest BCUT2D eigenvalue weighted by Gasteiger charge is 2.26. The molecule has 0 unspecified atom stereocenters. The molecule has 0 aromatic heterocycles. The van der Waals surface area contributed by atoms with Crippen LogP contribution in [0.4, 0.5) is 8.78 Å². The first-order valence-corrected chi connectivity index (χ1v) is 4.60. The van der Waals surface area contributed by atoms with Gasteiger partial charge in [0.2, 0.25) is 4.99 Å². The molecule has 13 heavy (non-hydrogen) atoms. The first-order valence-electron chi connectivity index (χ1n) is 3.61. The van der Waals surface area contributed by atoms with E-state index in [2.05, 4.69) is 20.7 Å². The monoisotopic (exact) mass is 206 g/mol. The molecule has 7 heteroatoms. The van der Waals surface area contributed by atoms with E-state index >= 15 is 0 Å². The van der Waals surface area contributed by atoms with Crippen molar-refractivity contribution in [3.8, 4) is 0 Å². The van der Waals surface area contributed by atoms with Crippen LogP contribution in [0.15, 0.2) is 32.8 Å². The summed E-state index contributed by atoms with van der Waals surface area (Å²) in [6.45, 7) is 1.73. The molecule has 4 nitrogen and oxygen atoms in total. The molecule has 1 heterocycles. The second kappa shape index (κ2) is 4.40. The third-order valence-corrected chi connectivity index (χ3v) is 2.44. The molecule has 0 spiro atoms. The van der Waals surface area contributed by atoms with Gasteiger partial charge in [0.1, 0.15) is 0 Å². The molecule has 0 fully saturated rings. The van der Waals surface area contributed by atoms with Crippen molar-refractivity contribution < 1.29 is 8.78 Å². The maximum atomic E-state index is 11.6. The summed E-state index contributed by atoms with van der Waals surface area (Å²) in [5.41, 5.74) is 0. The standard InChI is InChI=1S/C6H8F2N4S/c1-6(9-11-12-10-6)13-4-2-3-5(7)8/h3H,2,4H2,1H3. The number of rotatable bonds is 4. The molecule has 72 valence electrons. The number of nitrogens with zero attached hydrogens (tertiary/aromatic N) is 4. The van der Waals surface area contributed by atoms with Gasteiger partial charge in [-0.2, -0.15) is 8.78 Å². The number of thioether (sulfide) groups is 1. The van der Waals surface area contributed by atoms with Crippen LogP contribution in [0, 0.1) is 0 Å². The van der Waals surface area contributed by atoms with Crippen molar-refractivity contribution >= 4 is 11.8 Å². The van der Waals surface area contributed by atoms with Crippen LogP contribution < -0.4 is 0 Å². The summed E-state index contributed by atoms with van der Waals surface area (Å²) < 4.78 is 23.2. The van der Waals surface area contributed by atoms with E-state index in [0.29, 0.717) is 12.2 Å². The van der Waals surface area contributed by atoms with Crippen LogP contribution in [-0.2, 0) is 0 Å². The lowest BCUT2D eigenvalue weighted by Gasteiger charge is -2.10. The summed E-state index contributed by atoms with van der Waals surface area (Å²) in [4.78, 5) is -0.708. The van der Waals surface area contributed by atoms with Crippen LogP contribution in [0.25, 0.3) is 0 Å². The Morgan fingerprint density at radius 1 is 1.38 bits per heavy atom. The van der Waals surface area contributed by atoms with Gasteiger partial charge in [0, 0.05) is 5.75 Å². The smallest absolute Gasteiger partial charge is 0.174 e. The van der Waals surface area contributed by atoms with Gasteiger partial charge < -0.3 is 0 Å². The Morgan fingerprint density at radius 2 is 2.00 bits per heavy atom. The first-order chi connectivity index (χ1) is 6.12. The van der Waals surface area contributed by atoms with Crippen LogP contribution in [0.5, 0.6) is 0 Å². The zero-order valence-corrected chi connectivity index (χ0v) is 7.76. The van der Waals surface area contributed by atoms with Crippen molar-refractivity contribution in [2.45, 2.75) is 18.3 Å². The molecular weight excluding hydrogens is 198 g/mol. The molecule has 0 aromatic carbocycles. The van der Waals surface area contributed by atoms with Gasteiger partial charge in [-0.15, -0.1) is 22.0 Å². The number of hydrogen-bond acceptors (Lipinski definition) is 5. The SMILES string of the molecule is CC1(SCCC=C(F)F)N=NN=N1. The molecule has 0 N–H and O–H groups in total. The number of hydrogen-bond donors (Lipinski definition) is 0. The molecular formula is C6H8F2N4S. The zero-order chi connectivity index (χ0) is 9.73. The molecule has 0 atom stereocenters. The highest BCUT2D eigenvalue weighted by Crippen LogP contribution is 2.32. The molecule has 0 saturated heterocycles. The minimum absolute atomic E-state index is 0.299. The highest BCUT2D eigenvalue weighted by atomic mass is 32.2. The van der Waals surface area contributed by atoms with Gasteiger partial charge in [0.15, 0.2) is 0 Å². The summed E-state index contributed by atoms with van der Waals surface area (Å²) in [6, 6.07) is 0. The van der Waals surface area contributed by atoms with Gasteiger partial charge in [-0.3, -0.25) is 0 Å². The van der Waals surface area contributed by atoms with E-state index in [9.17, 15) is 8.78 Å². The van der Waals surface area contributed by atoms with Crippen LogP contribution in [0.3, 0.4) is 0 Å². The second-order valence-corrected chi connectivity index (χ2v) is 3.91. The van der Waals surface area contributed by atoms with Crippen LogP contribution in [-0.4, -0.2) is 10.7 Å². The normalized spacial score (nSPS) is 17.8. The van der Waals surface area contributed by atoms with Crippen molar-refractivity contribution in [1.29, 1.82) is 0 Å². The van der Waals surface area contributed by atoms with E-state index in [1.165, 1.54) is 11.8 Å². The molecule has 1 aliphatic rings. The number of allylic oxidation sites excluding steroid dienone is 1. The summed E-state index contributed by atoms with van der Waals surface area (Å²) in [6.07, 6.45) is -0.479. The summed E-state index contributed by atoms with van der Waals surface area (Å²) in [5, 5.41) is 14.2. The summed E-state index contributed by atoms with van der Waals surface area (Å²) in [5.74, 6) is 0.520. The Bertz CT molecular complexity index is 247. The van der Waals surface area contributed by atoms with Gasteiger partial charge in [-0.25, -0.2) is 0 Å². The van der Waals surface area contributed by atoms with E-state index < -0.39 is 11.1 Å².